The van der Waals surface area contributed by atoms with Crippen molar-refractivity contribution in [2.45, 2.75) is 18.9 Å². The number of ether oxygens (including phenoxy) is 2. The standard InChI is InChI=1S/C17H21N5O4/c1-24-15-10-13(26-20-15)16(23)22-8-9-25-14(11-22)12-4-5-18-17(19-12)21-6-2-3-7-21/h4-5,10,14H,2-3,6-9,11H2,1H3/t14-/m0/s1. The van der Waals surface area contributed by atoms with Crippen molar-refractivity contribution in [3.63, 3.8) is 0 Å². The van der Waals surface area contributed by atoms with Crippen LogP contribution in [-0.4, -0.2) is 65.8 Å². The number of carbonyl (C=O) groups excluding carboxylic acids is 1. The number of methoxy groups -OCH3 is 1. The number of amides is 1. The second-order valence-corrected chi connectivity index (χ2v) is 6.32. The lowest BCUT2D eigenvalue weighted by atomic mass is 10.2. The Morgan fingerprint density at radius 2 is 2.15 bits per heavy atom. The Kier molecular flexibility index (Phi) is 4.70. The molecule has 0 aromatic carbocycles. The molecule has 0 N–H and O–H groups in total. The molecule has 0 saturated carbocycles. The van der Waals surface area contributed by atoms with Gasteiger partial charge in [-0.25, -0.2) is 9.97 Å². The molecule has 26 heavy (non-hydrogen) atoms. The zero-order valence-electron chi connectivity index (χ0n) is 14.6. The van der Waals surface area contributed by atoms with Gasteiger partial charge in [-0.05, 0) is 24.1 Å². The van der Waals surface area contributed by atoms with Crippen molar-refractivity contribution >= 4 is 11.9 Å². The molecule has 0 unspecified atom stereocenters. The second kappa shape index (κ2) is 7.28. The zero-order chi connectivity index (χ0) is 17.9. The molecule has 138 valence electrons. The van der Waals surface area contributed by atoms with Crippen LogP contribution in [-0.2, 0) is 4.74 Å². The molecule has 1 atom stereocenters. The van der Waals surface area contributed by atoms with Crippen LogP contribution in [0.2, 0.25) is 0 Å². The lowest BCUT2D eigenvalue weighted by molar-refractivity contribution is -0.0258. The van der Waals surface area contributed by atoms with Gasteiger partial charge in [-0.3, -0.25) is 4.79 Å². The Labute approximate surface area is 150 Å². The minimum Gasteiger partial charge on any atom is -0.479 e. The van der Waals surface area contributed by atoms with Gasteiger partial charge >= 0.3 is 0 Å². The zero-order valence-corrected chi connectivity index (χ0v) is 14.6. The van der Waals surface area contributed by atoms with E-state index in [2.05, 4.69) is 20.0 Å². The molecule has 0 aliphatic carbocycles. The van der Waals surface area contributed by atoms with Gasteiger partial charge in [-0.2, -0.15) is 0 Å². The van der Waals surface area contributed by atoms with Crippen LogP contribution in [0.3, 0.4) is 0 Å². The highest BCUT2D eigenvalue weighted by molar-refractivity contribution is 5.91. The van der Waals surface area contributed by atoms with Crippen LogP contribution in [0.1, 0.15) is 35.2 Å². The van der Waals surface area contributed by atoms with Crippen molar-refractivity contribution in [2.24, 2.45) is 0 Å². The van der Waals surface area contributed by atoms with E-state index in [1.165, 1.54) is 13.2 Å². The van der Waals surface area contributed by atoms with E-state index in [9.17, 15) is 4.79 Å². The average molecular weight is 359 g/mol. The molecule has 2 aliphatic heterocycles. The van der Waals surface area contributed by atoms with Crippen molar-refractivity contribution in [3.05, 3.63) is 29.8 Å². The minimum atomic E-state index is -0.290. The second-order valence-electron chi connectivity index (χ2n) is 6.32. The highest BCUT2D eigenvalue weighted by Gasteiger charge is 2.29. The summed E-state index contributed by atoms with van der Waals surface area (Å²) in [7, 11) is 1.48. The SMILES string of the molecule is COc1cc(C(=O)N2CCO[C@H](c3ccnc(N4CCCC4)n3)C2)on1. The maximum atomic E-state index is 12.6. The molecule has 2 aromatic heterocycles. The Balaban J connectivity index is 1.48. The molecule has 4 rings (SSSR count). The van der Waals surface area contributed by atoms with Crippen LogP contribution in [0.25, 0.3) is 0 Å². The molecule has 0 radical (unpaired) electrons. The molecule has 9 heteroatoms. The molecular weight excluding hydrogens is 338 g/mol. The van der Waals surface area contributed by atoms with Gasteiger partial charge in [0.05, 0.1) is 32.0 Å². The van der Waals surface area contributed by atoms with Gasteiger partial charge in [0.25, 0.3) is 11.8 Å². The first-order valence-electron chi connectivity index (χ1n) is 8.74. The van der Waals surface area contributed by atoms with E-state index in [4.69, 9.17) is 14.0 Å². The van der Waals surface area contributed by atoms with Crippen molar-refractivity contribution in [1.82, 2.24) is 20.0 Å². The minimum absolute atomic E-state index is 0.156. The topological polar surface area (TPSA) is 93.8 Å². The van der Waals surface area contributed by atoms with Crippen LogP contribution >= 0.6 is 0 Å². The molecule has 1 amide bonds. The summed E-state index contributed by atoms with van der Waals surface area (Å²) >= 11 is 0. The van der Waals surface area contributed by atoms with Crippen molar-refractivity contribution in [2.75, 3.05) is 44.8 Å². The molecule has 0 spiro atoms. The normalized spacial score (nSPS) is 20.4. The summed E-state index contributed by atoms with van der Waals surface area (Å²) in [6.45, 7) is 3.28. The van der Waals surface area contributed by atoms with Gasteiger partial charge in [0.15, 0.2) is 0 Å². The molecule has 0 bridgehead atoms. The van der Waals surface area contributed by atoms with E-state index in [1.54, 1.807) is 11.1 Å². The number of aromatic nitrogens is 3. The quantitative estimate of drug-likeness (QED) is 0.806. The van der Waals surface area contributed by atoms with Crippen molar-refractivity contribution in [3.8, 4) is 5.88 Å². The van der Waals surface area contributed by atoms with Crippen LogP contribution in [0, 0.1) is 0 Å². The number of nitrogens with zero attached hydrogens (tertiary/aromatic N) is 5. The predicted octanol–water partition coefficient (Wildman–Crippen LogP) is 1.29. The number of morpholine rings is 1. The first-order valence-corrected chi connectivity index (χ1v) is 8.74. The summed E-state index contributed by atoms with van der Waals surface area (Å²) in [4.78, 5) is 25.5. The smallest absolute Gasteiger partial charge is 0.292 e. The highest BCUT2D eigenvalue weighted by Crippen LogP contribution is 2.24. The maximum absolute atomic E-state index is 12.6. The monoisotopic (exact) mass is 359 g/mol. The van der Waals surface area contributed by atoms with Crippen molar-refractivity contribution < 1.29 is 18.8 Å². The Bertz CT molecular complexity index is 774. The van der Waals surface area contributed by atoms with E-state index in [-0.39, 0.29) is 23.7 Å². The first-order chi connectivity index (χ1) is 12.7. The van der Waals surface area contributed by atoms with Gasteiger partial charge in [-0.15, -0.1) is 0 Å². The fourth-order valence-electron chi connectivity index (χ4n) is 3.24. The predicted molar refractivity (Wildman–Crippen MR) is 91.1 cm³/mol. The fraction of sp³-hybridized carbons (Fsp3) is 0.529. The van der Waals surface area contributed by atoms with Gasteiger partial charge < -0.3 is 23.8 Å². The Morgan fingerprint density at radius 1 is 1.31 bits per heavy atom. The molecule has 9 nitrogen and oxygen atoms in total. The Morgan fingerprint density at radius 3 is 2.92 bits per heavy atom. The van der Waals surface area contributed by atoms with Crippen molar-refractivity contribution in [1.29, 1.82) is 0 Å². The van der Waals surface area contributed by atoms with E-state index in [0.717, 1.165) is 37.6 Å². The molecule has 2 fully saturated rings. The number of hydrogen-bond donors (Lipinski definition) is 0. The van der Waals surface area contributed by atoms with Gasteiger partial charge in [0.2, 0.25) is 11.7 Å². The lowest BCUT2D eigenvalue weighted by Gasteiger charge is -2.32. The average Bonchev–Trinajstić information content (AvgIpc) is 3.39. The summed E-state index contributed by atoms with van der Waals surface area (Å²) in [5, 5.41) is 3.68. The lowest BCUT2D eigenvalue weighted by Crippen LogP contribution is -2.42. The maximum Gasteiger partial charge on any atom is 0.292 e. The van der Waals surface area contributed by atoms with Crippen LogP contribution < -0.4 is 9.64 Å². The molecule has 4 heterocycles. The summed E-state index contributed by atoms with van der Waals surface area (Å²) in [5.74, 6) is 0.933. The van der Waals surface area contributed by atoms with E-state index in [1.807, 2.05) is 6.07 Å². The van der Waals surface area contributed by atoms with E-state index >= 15 is 0 Å². The van der Waals surface area contributed by atoms with Crippen LogP contribution in [0.4, 0.5) is 5.95 Å². The largest absolute Gasteiger partial charge is 0.479 e. The number of hydrogen-bond acceptors (Lipinski definition) is 8. The fourth-order valence-corrected chi connectivity index (χ4v) is 3.24. The number of rotatable bonds is 4. The Hall–Kier alpha value is -2.68. The van der Waals surface area contributed by atoms with Gasteiger partial charge in [0.1, 0.15) is 6.10 Å². The third kappa shape index (κ3) is 3.34. The van der Waals surface area contributed by atoms with Crippen LogP contribution in [0.15, 0.2) is 22.9 Å². The third-order valence-corrected chi connectivity index (χ3v) is 4.65. The molecule has 2 aromatic rings. The third-order valence-electron chi connectivity index (χ3n) is 4.65. The first kappa shape index (κ1) is 16.8. The molecule has 2 aliphatic rings. The van der Waals surface area contributed by atoms with Crippen LogP contribution in [0.5, 0.6) is 5.88 Å². The summed E-state index contributed by atoms with van der Waals surface area (Å²) < 4.78 is 15.9. The molecule has 2 saturated heterocycles. The number of carbonyl (C=O) groups is 1. The van der Waals surface area contributed by atoms with E-state index < -0.39 is 0 Å². The summed E-state index contributed by atoms with van der Waals surface area (Å²) in [5.41, 5.74) is 0.787. The summed E-state index contributed by atoms with van der Waals surface area (Å²) in [6.07, 6.45) is 3.79. The van der Waals surface area contributed by atoms with Gasteiger partial charge in [0, 0.05) is 25.8 Å². The molecular formula is C17H21N5O4. The summed E-state index contributed by atoms with van der Waals surface area (Å²) in [6, 6.07) is 3.33. The van der Waals surface area contributed by atoms with Gasteiger partial charge in [-0.1, -0.05) is 0 Å². The van der Waals surface area contributed by atoms with E-state index in [0.29, 0.717) is 19.7 Å². The highest BCUT2D eigenvalue weighted by atomic mass is 16.5. The number of anilines is 1.